The monoisotopic (exact) mass is 273 g/mol. The van der Waals surface area contributed by atoms with Crippen molar-refractivity contribution in [3.63, 3.8) is 0 Å². The van der Waals surface area contributed by atoms with Crippen molar-refractivity contribution < 1.29 is 4.74 Å². The van der Waals surface area contributed by atoms with Crippen LogP contribution in [0, 0.1) is 17.2 Å². The largest absolute Gasteiger partial charge is 0.479 e. The summed E-state index contributed by atoms with van der Waals surface area (Å²) in [6.07, 6.45) is 2.57. The molecule has 0 unspecified atom stereocenters. The molecular weight excluding hydrogens is 250 g/mol. The van der Waals surface area contributed by atoms with Crippen molar-refractivity contribution in [2.24, 2.45) is 5.92 Å². The molecule has 1 aliphatic heterocycles. The maximum atomic E-state index is 8.51. The van der Waals surface area contributed by atoms with E-state index in [2.05, 4.69) is 23.3 Å². The average Bonchev–Trinajstić information content (AvgIpc) is 2.48. The van der Waals surface area contributed by atoms with E-state index >= 15 is 0 Å². The summed E-state index contributed by atoms with van der Waals surface area (Å²) in [7, 11) is 2.19. The number of piperidine rings is 1. The number of rotatable bonds is 6. The Bertz CT molecular complexity index is 447. The van der Waals surface area contributed by atoms with E-state index in [9.17, 15) is 0 Å². The minimum atomic E-state index is 0.104. The summed E-state index contributed by atoms with van der Waals surface area (Å²) in [5.74, 6) is 1.56. The Morgan fingerprint density at radius 3 is 2.95 bits per heavy atom. The Labute approximate surface area is 121 Å². The Morgan fingerprint density at radius 1 is 1.40 bits per heavy atom. The van der Waals surface area contributed by atoms with Gasteiger partial charge in [0.1, 0.15) is 11.8 Å². The van der Waals surface area contributed by atoms with Gasteiger partial charge in [-0.3, -0.25) is 0 Å². The van der Waals surface area contributed by atoms with Gasteiger partial charge in [0.25, 0.3) is 0 Å². The summed E-state index contributed by atoms with van der Waals surface area (Å²) in [4.78, 5) is 2.40. The van der Waals surface area contributed by atoms with Gasteiger partial charge in [-0.25, -0.2) is 0 Å². The van der Waals surface area contributed by atoms with Gasteiger partial charge in [0.05, 0.1) is 0 Å². The van der Waals surface area contributed by atoms with Crippen LogP contribution in [0.4, 0.5) is 0 Å². The van der Waals surface area contributed by atoms with E-state index in [4.69, 9.17) is 10.00 Å². The van der Waals surface area contributed by atoms with Crippen molar-refractivity contribution in [2.75, 3.05) is 33.3 Å². The molecule has 1 fully saturated rings. The van der Waals surface area contributed by atoms with Crippen LogP contribution in [-0.2, 0) is 6.54 Å². The third kappa shape index (κ3) is 4.84. The zero-order valence-electron chi connectivity index (χ0n) is 12.1. The Hall–Kier alpha value is -1.57. The van der Waals surface area contributed by atoms with Gasteiger partial charge in [0.2, 0.25) is 0 Å². The SMILES string of the molecule is CN1CCC(CNCc2cccc(OCC#N)c2)CC1. The van der Waals surface area contributed by atoms with Crippen molar-refractivity contribution in [3.05, 3.63) is 29.8 Å². The lowest BCUT2D eigenvalue weighted by Crippen LogP contribution is -2.34. The Morgan fingerprint density at radius 2 is 2.20 bits per heavy atom. The molecule has 4 nitrogen and oxygen atoms in total. The molecule has 0 aliphatic carbocycles. The zero-order valence-corrected chi connectivity index (χ0v) is 12.1. The number of nitrogens with one attached hydrogen (secondary N) is 1. The van der Waals surface area contributed by atoms with Crippen LogP contribution in [0.15, 0.2) is 24.3 Å². The van der Waals surface area contributed by atoms with Crippen molar-refractivity contribution in [3.8, 4) is 11.8 Å². The average molecular weight is 273 g/mol. The van der Waals surface area contributed by atoms with Crippen LogP contribution in [0.1, 0.15) is 18.4 Å². The fourth-order valence-electron chi connectivity index (χ4n) is 2.55. The quantitative estimate of drug-likeness (QED) is 0.861. The van der Waals surface area contributed by atoms with Crippen LogP contribution in [0.3, 0.4) is 0 Å². The van der Waals surface area contributed by atoms with Gasteiger partial charge < -0.3 is 15.0 Å². The zero-order chi connectivity index (χ0) is 14.2. The van der Waals surface area contributed by atoms with Crippen LogP contribution in [0.5, 0.6) is 5.75 Å². The van der Waals surface area contributed by atoms with E-state index in [1.165, 1.54) is 31.5 Å². The molecule has 1 aromatic rings. The number of benzene rings is 1. The molecule has 1 heterocycles. The van der Waals surface area contributed by atoms with Crippen LogP contribution in [-0.4, -0.2) is 38.2 Å². The van der Waals surface area contributed by atoms with Crippen molar-refractivity contribution in [2.45, 2.75) is 19.4 Å². The molecule has 4 heteroatoms. The lowest BCUT2D eigenvalue weighted by atomic mass is 9.97. The molecule has 0 amide bonds. The summed E-state index contributed by atoms with van der Waals surface area (Å²) in [5.41, 5.74) is 1.20. The van der Waals surface area contributed by atoms with E-state index in [0.717, 1.165) is 24.8 Å². The van der Waals surface area contributed by atoms with Gasteiger partial charge in [-0.15, -0.1) is 0 Å². The smallest absolute Gasteiger partial charge is 0.174 e. The first-order valence-corrected chi connectivity index (χ1v) is 7.26. The normalized spacial score (nSPS) is 16.8. The lowest BCUT2D eigenvalue weighted by molar-refractivity contribution is 0.216. The predicted octanol–water partition coefficient (Wildman–Crippen LogP) is 2.02. The van der Waals surface area contributed by atoms with Crippen LogP contribution >= 0.6 is 0 Å². The van der Waals surface area contributed by atoms with E-state index in [0.29, 0.717) is 0 Å². The number of hydrogen-bond acceptors (Lipinski definition) is 4. The van der Waals surface area contributed by atoms with Gasteiger partial charge in [-0.1, -0.05) is 12.1 Å². The van der Waals surface area contributed by atoms with Crippen molar-refractivity contribution in [1.29, 1.82) is 5.26 Å². The molecule has 0 spiro atoms. The second-order valence-corrected chi connectivity index (χ2v) is 5.47. The Balaban J connectivity index is 1.72. The molecule has 1 saturated heterocycles. The second-order valence-electron chi connectivity index (χ2n) is 5.47. The van der Waals surface area contributed by atoms with Crippen molar-refractivity contribution in [1.82, 2.24) is 10.2 Å². The highest BCUT2D eigenvalue weighted by atomic mass is 16.5. The standard InChI is InChI=1S/C16H23N3O/c1-19-8-5-14(6-9-19)12-18-13-15-3-2-4-16(11-15)20-10-7-17/h2-4,11,14,18H,5-6,8-10,12-13H2,1H3. The summed E-state index contributed by atoms with van der Waals surface area (Å²) in [6.45, 7) is 4.47. The van der Waals surface area contributed by atoms with E-state index in [1.807, 2.05) is 24.3 Å². The molecule has 1 N–H and O–H groups in total. The fourth-order valence-corrected chi connectivity index (χ4v) is 2.55. The third-order valence-corrected chi connectivity index (χ3v) is 3.80. The van der Waals surface area contributed by atoms with Gasteiger partial charge in [-0.05, 0) is 63.1 Å². The molecule has 0 radical (unpaired) electrons. The maximum absolute atomic E-state index is 8.51. The first kappa shape index (κ1) is 14.8. The maximum Gasteiger partial charge on any atom is 0.174 e. The summed E-state index contributed by atoms with van der Waals surface area (Å²) < 4.78 is 5.31. The van der Waals surface area contributed by atoms with Gasteiger partial charge >= 0.3 is 0 Å². The van der Waals surface area contributed by atoms with Gasteiger partial charge in [0.15, 0.2) is 6.61 Å². The molecule has 1 aliphatic rings. The van der Waals surface area contributed by atoms with E-state index in [1.54, 1.807) is 0 Å². The topological polar surface area (TPSA) is 48.3 Å². The molecule has 2 rings (SSSR count). The van der Waals surface area contributed by atoms with E-state index in [-0.39, 0.29) is 6.61 Å². The summed E-state index contributed by atoms with van der Waals surface area (Å²) in [6, 6.07) is 9.93. The van der Waals surface area contributed by atoms with Crippen LogP contribution in [0.2, 0.25) is 0 Å². The molecular formula is C16H23N3O. The minimum Gasteiger partial charge on any atom is -0.479 e. The number of likely N-dealkylation sites (tertiary alicyclic amines) is 1. The molecule has 108 valence electrons. The predicted molar refractivity (Wildman–Crippen MR) is 79.5 cm³/mol. The molecule has 0 saturated carbocycles. The van der Waals surface area contributed by atoms with Gasteiger partial charge in [0, 0.05) is 6.54 Å². The first-order valence-electron chi connectivity index (χ1n) is 7.26. The Kier molecular flexibility index (Phi) is 5.85. The van der Waals surface area contributed by atoms with Crippen LogP contribution in [0.25, 0.3) is 0 Å². The molecule has 0 bridgehead atoms. The van der Waals surface area contributed by atoms with Crippen LogP contribution < -0.4 is 10.1 Å². The van der Waals surface area contributed by atoms with Crippen molar-refractivity contribution >= 4 is 0 Å². The summed E-state index contributed by atoms with van der Waals surface area (Å²) >= 11 is 0. The third-order valence-electron chi connectivity index (χ3n) is 3.80. The molecule has 1 aromatic carbocycles. The molecule has 20 heavy (non-hydrogen) atoms. The number of ether oxygens (including phenoxy) is 1. The molecule has 0 aromatic heterocycles. The highest BCUT2D eigenvalue weighted by molar-refractivity contribution is 5.28. The first-order chi connectivity index (χ1) is 9.78. The number of nitriles is 1. The van der Waals surface area contributed by atoms with E-state index < -0.39 is 0 Å². The van der Waals surface area contributed by atoms with Gasteiger partial charge in [-0.2, -0.15) is 5.26 Å². The lowest BCUT2D eigenvalue weighted by Gasteiger charge is -2.29. The minimum absolute atomic E-state index is 0.104. The molecule has 0 atom stereocenters. The number of hydrogen-bond donors (Lipinski definition) is 1. The highest BCUT2D eigenvalue weighted by Gasteiger charge is 2.15. The fraction of sp³-hybridized carbons (Fsp3) is 0.562. The highest BCUT2D eigenvalue weighted by Crippen LogP contribution is 2.16. The summed E-state index contributed by atoms with van der Waals surface area (Å²) in [5, 5.41) is 12.0. The second kappa shape index (κ2) is 7.88. The number of nitrogens with zero attached hydrogens (tertiary/aromatic N) is 2.